The molecule has 4 heteroatoms. The molecule has 1 aromatic heterocycles. The van der Waals surface area contributed by atoms with Gasteiger partial charge in [-0.2, -0.15) is 0 Å². The number of nitrogens with zero attached hydrogens (tertiary/aromatic N) is 1. The zero-order chi connectivity index (χ0) is 9.42. The molecule has 2 rings (SSSR count). The summed E-state index contributed by atoms with van der Waals surface area (Å²) in [7, 11) is 0. The summed E-state index contributed by atoms with van der Waals surface area (Å²) in [6.45, 7) is 0. The minimum atomic E-state index is -0.449. The SMILES string of the molecule is N[C@@H]1c2ccc(Cl)nc2CC[C@@H]1O. The van der Waals surface area contributed by atoms with E-state index < -0.39 is 6.10 Å². The number of rotatable bonds is 0. The lowest BCUT2D eigenvalue weighted by atomic mass is 9.90. The molecule has 70 valence electrons. The van der Waals surface area contributed by atoms with Gasteiger partial charge in [-0.15, -0.1) is 0 Å². The monoisotopic (exact) mass is 198 g/mol. The third kappa shape index (κ3) is 1.55. The van der Waals surface area contributed by atoms with Gasteiger partial charge in [-0.1, -0.05) is 17.7 Å². The summed E-state index contributed by atoms with van der Waals surface area (Å²) < 4.78 is 0. The molecule has 0 aromatic carbocycles. The molecule has 0 bridgehead atoms. The Bertz CT molecular complexity index is 329. The van der Waals surface area contributed by atoms with Crippen molar-refractivity contribution in [2.45, 2.75) is 25.0 Å². The van der Waals surface area contributed by atoms with E-state index in [9.17, 15) is 5.11 Å². The molecule has 0 fully saturated rings. The number of aryl methyl sites for hydroxylation is 1. The van der Waals surface area contributed by atoms with E-state index in [1.54, 1.807) is 6.07 Å². The second-order valence-corrected chi connectivity index (χ2v) is 3.69. The Labute approximate surface area is 81.5 Å². The lowest BCUT2D eigenvalue weighted by molar-refractivity contribution is 0.127. The standard InChI is InChI=1S/C9H11ClN2O/c10-8-4-1-5-6(12-8)2-3-7(13)9(5)11/h1,4,7,9,13H,2-3,11H2/t7-,9+/m0/s1. The van der Waals surface area contributed by atoms with Gasteiger partial charge >= 0.3 is 0 Å². The van der Waals surface area contributed by atoms with Crippen molar-refractivity contribution >= 4 is 11.6 Å². The number of aromatic nitrogens is 1. The van der Waals surface area contributed by atoms with Crippen LogP contribution < -0.4 is 5.73 Å². The van der Waals surface area contributed by atoms with E-state index in [0.717, 1.165) is 17.7 Å². The van der Waals surface area contributed by atoms with Crippen LogP contribution in [0.25, 0.3) is 0 Å². The highest BCUT2D eigenvalue weighted by molar-refractivity contribution is 6.29. The van der Waals surface area contributed by atoms with Crippen molar-refractivity contribution in [3.63, 3.8) is 0 Å². The number of aliphatic hydroxyl groups is 1. The van der Waals surface area contributed by atoms with Gasteiger partial charge in [0.25, 0.3) is 0 Å². The average molecular weight is 199 g/mol. The number of hydrogen-bond donors (Lipinski definition) is 2. The Morgan fingerprint density at radius 3 is 3.08 bits per heavy atom. The maximum atomic E-state index is 9.51. The normalized spacial score (nSPS) is 27.0. The Hall–Kier alpha value is -0.640. The third-order valence-corrected chi connectivity index (χ3v) is 2.64. The van der Waals surface area contributed by atoms with Gasteiger partial charge in [0.05, 0.1) is 12.1 Å². The van der Waals surface area contributed by atoms with Crippen LogP contribution in [0.3, 0.4) is 0 Å². The first-order valence-corrected chi connectivity index (χ1v) is 4.65. The number of aliphatic hydroxyl groups excluding tert-OH is 1. The average Bonchev–Trinajstić information content (AvgIpc) is 2.12. The van der Waals surface area contributed by atoms with Gasteiger partial charge in [0.15, 0.2) is 0 Å². The van der Waals surface area contributed by atoms with Crippen molar-refractivity contribution in [2.75, 3.05) is 0 Å². The number of halogens is 1. The van der Waals surface area contributed by atoms with Gasteiger partial charge in [-0.05, 0) is 24.5 Å². The fraction of sp³-hybridized carbons (Fsp3) is 0.444. The molecule has 3 N–H and O–H groups in total. The molecule has 1 aromatic rings. The largest absolute Gasteiger partial charge is 0.391 e. The molecule has 13 heavy (non-hydrogen) atoms. The Morgan fingerprint density at radius 1 is 1.54 bits per heavy atom. The van der Waals surface area contributed by atoms with E-state index in [1.807, 2.05) is 6.07 Å². The van der Waals surface area contributed by atoms with E-state index in [2.05, 4.69) is 4.98 Å². The first-order chi connectivity index (χ1) is 6.18. The number of pyridine rings is 1. The zero-order valence-electron chi connectivity index (χ0n) is 7.07. The second-order valence-electron chi connectivity index (χ2n) is 3.30. The second kappa shape index (κ2) is 3.25. The zero-order valence-corrected chi connectivity index (χ0v) is 7.83. The summed E-state index contributed by atoms with van der Waals surface area (Å²) in [5.41, 5.74) is 7.65. The van der Waals surface area contributed by atoms with Gasteiger partial charge in [-0.25, -0.2) is 4.98 Å². The van der Waals surface area contributed by atoms with Crippen LogP contribution in [0.2, 0.25) is 5.15 Å². The van der Waals surface area contributed by atoms with E-state index >= 15 is 0 Å². The molecule has 0 saturated heterocycles. The van der Waals surface area contributed by atoms with E-state index in [4.69, 9.17) is 17.3 Å². The molecule has 1 aliphatic carbocycles. The summed E-state index contributed by atoms with van der Waals surface area (Å²) in [6, 6.07) is 3.24. The summed E-state index contributed by atoms with van der Waals surface area (Å²) in [6.07, 6.45) is 0.974. The van der Waals surface area contributed by atoms with Gasteiger partial charge in [-0.3, -0.25) is 0 Å². The van der Waals surface area contributed by atoms with Crippen LogP contribution in [-0.2, 0) is 6.42 Å². The molecule has 0 amide bonds. The molecule has 3 nitrogen and oxygen atoms in total. The van der Waals surface area contributed by atoms with Crippen molar-refractivity contribution in [1.82, 2.24) is 4.98 Å². The van der Waals surface area contributed by atoms with Crippen molar-refractivity contribution in [1.29, 1.82) is 0 Å². The van der Waals surface area contributed by atoms with Crippen molar-refractivity contribution < 1.29 is 5.11 Å². The third-order valence-electron chi connectivity index (χ3n) is 2.43. The van der Waals surface area contributed by atoms with Crippen LogP contribution in [0.5, 0.6) is 0 Å². The van der Waals surface area contributed by atoms with E-state index in [0.29, 0.717) is 11.6 Å². The van der Waals surface area contributed by atoms with Crippen LogP contribution in [0.1, 0.15) is 23.7 Å². The molecule has 0 aliphatic heterocycles. The molecular weight excluding hydrogens is 188 g/mol. The quantitative estimate of drug-likeness (QED) is 0.613. The van der Waals surface area contributed by atoms with Gasteiger partial charge in [0, 0.05) is 5.69 Å². The Balaban J connectivity index is 2.44. The molecule has 2 atom stereocenters. The molecule has 1 aliphatic rings. The molecule has 0 unspecified atom stereocenters. The summed E-state index contributed by atoms with van der Waals surface area (Å²) in [5, 5.41) is 10.00. The maximum absolute atomic E-state index is 9.51. The summed E-state index contributed by atoms with van der Waals surface area (Å²) in [4.78, 5) is 4.17. The predicted molar refractivity (Wildman–Crippen MR) is 50.5 cm³/mol. The molecule has 0 spiro atoms. The fourth-order valence-corrected chi connectivity index (χ4v) is 1.83. The van der Waals surface area contributed by atoms with Crippen LogP contribution in [0, 0.1) is 0 Å². The van der Waals surface area contributed by atoms with Gasteiger partial charge in [0.2, 0.25) is 0 Å². The van der Waals surface area contributed by atoms with Gasteiger partial charge < -0.3 is 10.8 Å². The van der Waals surface area contributed by atoms with Crippen LogP contribution in [0.15, 0.2) is 12.1 Å². The molecule has 1 heterocycles. The lowest BCUT2D eigenvalue weighted by Gasteiger charge is -2.26. The Morgan fingerprint density at radius 2 is 2.31 bits per heavy atom. The van der Waals surface area contributed by atoms with Crippen LogP contribution in [-0.4, -0.2) is 16.2 Å². The Kier molecular flexibility index (Phi) is 2.24. The minimum absolute atomic E-state index is 0.312. The number of fused-ring (bicyclic) bond motifs is 1. The number of nitrogens with two attached hydrogens (primary N) is 1. The van der Waals surface area contributed by atoms with E-state index in [1.165, 1.54) is 0 Å². The highest BCUT2D eigenvalue weighted by Gasteiger charge is 2.25. The van der Waals surface area contributed by atoms with Crippen molar-refractivity contribution in [3.8, 4) is 0 Å². The summed E-state index contributed by atoms with van der Waals surface area (Å²) in [5.74, 6) is 0. The van der Waals surface area contributed by atoms with Crippen molar-refractivity contribution in [3.05, 3.63) is 28.5 Å². The maximum Gasteiger partial charge on any atom is 0.129 e. The fourth-order valence-electron chi connectivity index (χ4n) is 1.66. The first-order valence-electron chi connectivity index (χ1n) is 4.27. The smallest absolute Gasteiger partial charge is 0.129 e. The molecule has 0 saturated carbocycles. The first kappa shape index (κ1) is 8.94. The predicted octanol–water partition coefficient (Wildman–Crippen LogP) is 1.04. The van der Waals surface area contributed by atoms with E-state index in [-0.39, 0.29) is 6.04 Å². The lowest BCUT2D eigenvalue weighted by Crippen LogP contribution is -2.31. The van der Waals surface area contributed by atoms with Crippen LogP contribution >= 0.6 is 11.6 Å². The minimum Gasteiger partial charge on any atom is -0.391 e. The topological polar surface area (TPSA) is 59.1 Å². The molecule has 0 radical (unpaired) electrons. The summed E-state index contributed by atoms with van der Waals surface area (Å²) >= 11 is 5.75. The molecular formula is C9H11ClN2O. The van der Waals surface area contributed by atoms with Crippen molar-refractivity contribution in [2.24, 2.45) is 5.73 Å². The number of hydrogen-bond acceptors (Lipinski definition) is 3. The van der Waals surface area contributed by atoms with Gasteiger partial charge in [0.1, 0.15) is 5.15 Å². The highest BCUT2D eigenvalue weighted by Crippen LogP contribution is 2.27. The highest BCUT2D eigenvalue weighted by atomic mass is 35.5. The van der Waals surface area contributed by atoms with Crippen LogP contribution in [0.4, 0.5) is 0 Å².